The van der Waals surface area contributed by atoms with E-state index in [4.69, 9.17) is 4.74 Å². The van der Waals surface area contributed by atoms with Crippen molar-refractivity contribution in [3.05, 3.63) is 0 Å². The molecular formula is C10H22N2O4S. The fraction of sp³-hybridized carbons (Fsp3) is 1.00. The Hall–Kier alpha value is -0.210. The topological polar surface area (TPSA) is 78.9 Å². The van der Waals surface area contributed by atoms with Gasteiger partial charge in [0.25, 0.3) is 0 Å². The summed E-state index contributed by atoms with van der Waals surface area (Å²) in [5.41, 5.74) is -0.797. The maximum atomic E-state index is 11.3. The van der Waals surface area contributed by atoms with Gasteiger partial charge in [-0.2, -0.15) is 0 Å². The van der Waals surface area contributed by atoms with Crippen molar-refractivity contribution < 1.29 is 18.3 Å². The van der Waals surface area contributed by atoms with E-state index in [1.54, 1.807) is 7.11 Å². The molecule has 1 aliphatic heterocycles. The summed E-state index contributed by atoms with van der Waals surface area (Å²) in [5.74, 6) is 0. The van der Waals surface area contributed by atoms with Gasteiger partial charge in [0, 0.05) is 33.3 Å². The van der Waals surface area contributed by atoms with E-state index in [-0.39, 0.29) is 0 Å². The molecule has 1 heterocycles. The zero-order valence-corrected chi connectivity index (χ0v) is 11.3. The minimum atomic E-state index is -3.12. The number of nitrogens with zero attached hydrogens (tertiary/aromatic N) is 1. The summed E-state index contributed by atoms with van der Waals surface area (Å²) >= 11 is 0. The van der Waals surface area contributed by atoms with Gasteiger partial charge in [0.1, 0.15) is 0 Å². The van der Waals surface area contributed by atoms with Crippen molar-refractivity contribution in [3.63, 3.8) is 0 Å². The Morgan fingerprint density at radius 2 is 2.00 bits per heavy atom. The Bertz CT molecular complexity index is 323. The van der Waals surface area contributed by atoms with Crippen LogP contribution in [0.4, 0.5) is 0 Å². The molecule has 1 rings (SSSR count). The van der Waals surface area contributed by atoms with Crippen molar-refractivity contribution in [1.82, 2.24) is 9.62 Å². The summed E-state index contributed by atoms with van der Waals surface area (Å²) < 4.78 is 28.9. The summed E-state index contributed by atoms with van der Waals surface area (Å²) in [5, 5.41) is 13.3. The van der Waals surface area contributed by atoms with E-state index >= 15 is 0 Å². The Balaban J connectivity index is 2.34. The Morgan fingerprint density at radius 1 is 1.41 bits per heavy atom. The number of rotatable bonds is 6. The summed E-state index contributed by atoms with van der Waals surface area (Å²) in [7, 11) is -1.50. The minimum Gasteiger partial charge on any atom is -0.388 e. The second kappa shape index (κ2) is 6.10. The number of aliphatic hydroxyl groups is 1. The van der Waals surface area contributed by atoms with Crippen LogP contribution in [-0.4, -0.2) is 69.6 Å². The van der Waals surface area contributed by atoms with Gasteiger partial charge in [0.2, 0.25) is 10.0 Å². The van der Waals surface area contributed by atoms with Crippen molar-refractivity contribution in [2.45, 2.75) is 18.4 Å². The van der Waals surface area contributed by atoms with Gasteiger partial charge in [-0.05, 0) is 12.8 Å². The Morgan fingerprint density at radius 3 is 2.47 bits per heavy atom. The quantitative estimate of drug-likeness (QED) is 0.604. The molecule has 0 saturated carbocycles. The number of methoxy groups -OCH3 is 1. The largest absolute Gasteiger partial charge is 0.388 e. The highest BCUT2D eigenvalue weighted by Crippen LogP contribution is 2.22. The lowest BCUT2D eigenvalue weighted by molar-refractivity contribution is -0.00455. The van der Waals surface area contributed by atoms with Gasteiger partial charge in [-0.15, -0.1) is 0 Å². The number of piperidine rings is 1. The molecule has 17 heavy (non-hydrogen) atoms. The summed E-state index contributed by atoms with van der Waals surface area (Å²) in [6.45, 7) is 2.55. The van der Waals surface area contributed by atoms with Crippen molar-refractivity contribution in [3.8, 4) is 0 Å². The van der Waals surface area contributed by atoms with E-state index in [1.807, 2.05) is 0 Å². The third kappa shape index (κ3) is 4.89. The average molecular weight is 266 g/mol. The van der Waals surface area contributed by atoms with Gasteiger partial charge < -0.3 is 15.2 Å². The zero-order valence-electron chi connectivity index (χ0n) is 10.5. The fourth-order valence-corrected chi connectivity index (χ4v) is 2.75. The third-order valence-corrected chi connectivity index (χ3v) is 4.36. The monoisotopic (exact) mass is 266 g/mol. The molecule has 0 aromatic heterocycles. The molecule has 7 heteroatoms. The predicted molar refractivity (Wildman–Crippen MR) is 65.3 cm³/mol. The third-order valence-electron chi connectivity index (χ3n) is 3.06. The van der Waals surface area contributed by atoms with Crippen LogP contribution < -0.4 is 5.32 Å². The molecule has 0 radical (unpaired) electrons. The van der Waals surface area contributed by atoms with Crippen LogP contribution in [0.2, 0.25) is 0 Å². The molecule has 102 valence electrons. The average Bonchev–Trinajstić information content (AvgIpc) is 2.24. The first kappa shape index (κ1) is 14.8. The van der Waals surface area contributed by atoms with Crippen LogP contribution in [0.3, 0.4) is 0 Å². The molecule has 0 aromatic rings. The molecule has 0 spiro atoms. The first-order valence-corrected chi connectivity index (χ1v) is 7.59. The normalized spacial score (nSPS) is 21.6. The van der Waals surface area contributed by atoms with Crippen LogP contribution in [0.25, 0.3) is 0 Å². The van der Waals surface area contributed by atoms with E-state index in [0.717, 1.165) is 0 Å². The van der Waals surface area contributed by atoms with E-state index in [9.17, 15) is 13.5 Å². The van der Waals surface area contributed by atoms with E-state index in [0.29, 0.717) is 45.6 Å². The minimum absolute atomic E-state index is 0.390. The highest BCUT2D eigenvalue weighted by molar-refractivity contribution is 7.88. The van der Waals surface area contributed by atoms with Gasteiger partial charge in [-0.25, -0.2) is 12.7 Å². The predicted octanol–water partition coefficient (Wildman–Crippen LogP) is -0.991. The van der Waals surface area contributed by atoms with Crippen molar-refractivity contribution >= 4 is 10.0 Å². The van der Waals surface area contributed by atoms with Crippen LogP contribution >= 0.6 is 0 Å². The summed E-state index contributed by atoms with van der Waals surface area (Å²) in [6, 6.07) is 0. The van der Waals surface area contributed by atoms with Crippen molar-refractivity contribution in [2.24, 2.45) is 0 Å². The number of hydrogen-bond donors (Lipinski definition) is 2. The lowest BCUT2D eigenvalue weighted by Crippen LogP contribution is -2.51. The van der Waals surface area contributed by atoms with Crippen LogP contribution in [-0.2, 0) is 14.8 Å². The highest BCUT2D eigenvalue weighted by atomic mass is 32.2. The van der Waals surface area contributed by atoms with Crippen molar-refractivity contribution in [1.29, 1.82) is 0 Å². The van der Waals surface area contributed by atoms with Crippen LogP contribution in [0.1, 0.15) is 12.8 Å². The van der Waals surface area contributed by atoms with E-state index in [2.05, 4.69) is 5.32 Å². The SMILES string of the molecule is COCCNCC1(O)CCN(S(C)(=O)=O)CC1. The number of hydrogen-bond acceptors (Lipinski definition) is 5. The first-order valence-electron chi connectivity index (χ1n) is 5.74. The molecule has 1 fully saturated rings. The lowest BCUT2D eigenvalue weighted by atomic mass is 9.92. The van der Waals surface area contributed by atoms with Crippen molar-refractivity contribution in [2.75, 3.05) is 46.2 Å². The fourth-order valence-electron chi connectivity index (χ4n) is 1.91. The Kier molecular flexibility index (Phi) is 5.33. The van der Waals surface area contributed by atoms with Gasteiger partial charge in [0.15, 0.2) is 0 Å². The van der Waals surface area contributed by atoms with E-state index in [1.165, 1.54) is 10.6 Å². The van der Waals surface area contributed by atoms with Gasteiger partial charge in [-0.1, -0.05) is 0 Å². The standard InChI is InChI=1S/C10H22N2O4S/c1-16-8-5-11-9-10(13)3-6-12(7-4-10)17(2,14)15/h11,13H,3-9H2,1-2H3. The van der Waals surface area contributed by atoms with E-state index < -0.39 is 15.6 Å². The number of nitrogens with one attached hydrogen (secondary N) is 1. The van der Waals surface area contributed by atoms with Gasteiger partial charge >= 0.3 is 0 Å². The van der Waals surface area contributed by atoms with Crippen LogP contribution in [0, 0.1) is 0 Å². The number of ether oxygens (including phenoxy) is 1. The van der Waals surface area contributed by atoms with Gasteiger partial charge in [0.05, 0.1) is 18.5 Å². The van der Waals surface area contributed by atoms with Crippen LogP contribution in [0.15, 0.2) is 0 Å². The molecule has 1 saturated heterocycles. The second-order valence-corrected chi connectivity index (χ2v) is 6.54. The second-order valence-electron chi connectivity index (χ2n) is 4.56. The van der Waals surface area contributed by atoms with Crippen LogP contribution in [0.5, 0.6) is 0 Å². The molecule has 0 aromatic carbocycles. The first-order chi connectivity index (χ1) is 7.87. The highest BCUT2D eigenvalue weighted by Gasteiger charge is 2.34. The molecule has 1 aliphatic rings. The smallest absolute Gasteiger partial charge is 0.211 e. The number of sulfonamides is 1. The molecule has 0 bridgehead atoms. The molecule has 2 N–H and O–H groups in total. The molecule has 0 amide bonds. The molecule has 0 unspecified atom stereocenters. The Labute approximate surface area is 103 Å². The zero-order chi connectivity index (χ0) is 12.9. The summed E-state index contributed by atoms with van der Waals surface area (Å²) in [6.07, 6.45) is 2.15. The molecule has 0 atom stereocenters. The maximum Gasteiger partial charge on any atom is 0.211 e. The molecule has 6 nitrogen and oxygen atoms in total. The molecular weight excluding hydrogens is 244 g/mol. The molecule has 0 aliphatic carbocycles. The summed E-state index contributed by atoms with van der Waals surface area (Å²) in [4.78, 5) is 0. The lowest BCUT2D eigenvalue weighted by Gasteiger charge is -2.37. The van der Waals surface area contributed by atoms with Gasteiger partial charge in [-0.3, -0.25) is 0 Å². The maximum absolute atomic E-state index is 11.3.